The monoisotopic (exact) mass is 503 g/mol. The number of hydrogen-bond acceptors (Lipinski definition) is 3. The van der Waals surface area contributed by atoms with E-state index in [1.165, 1.54) is 0 Å². The molecule has 0 spiro atoms. The van der Waals surface area contributed by atoms with E-state index in [1.807, 2.05) is 99.6 Å². The molecule has 0 saturated heterocycles. The minimum Gasteiger partial charge on any atom is -0.249 e. The first-order valence-electron chi connectivity index (χ1n) is 11.4. The van der Waals surface area contributed by atoms with Crippen LogP contribution in [0.25, 0.3) is 0 Å². The molecule has 0 radical (unpaired) electrons. The summed E-state index contributed by atoms with van der Waals surface area (Å²) in [6.07, 6.45) is 0.329. The highest BCUT2D eigenvalue weighted by molar-refractivity contribution is 7.89. The summed E-state index contributed by atoms with van der Waals surface area (Å²) in [5.41, 5.74) is 2.76. The summed E-state index contributed by atoms with van der Waals surface area (Å²) in [6, 6.07) is 31.5. The zero-order valence-corrected chi connectivity index (χ0v) is 21.7. The smallest absolute Gasteiger partial charge is 0.241 e. The van der Waals surface area contributed by atoms with Crippen molar-refractivity contribution in [1.29, 1.82) is 0 Å². The number of sulfonamides is 1. The molecule has 4 aromatic rings. The molecule has 0 aliphatic heterocycles. The largest absolute Gasteiger partial charge is 0.249 e. The highest BCUT2D eigenvalue weighted by Crippen LogP contribution is 2.31. The van der Waals surface area contributed by atoms with Crippen molar-refractivity contribution in [2.45, 2.75) is 47.4 Å². The number of hydrogen-bond donors (Lipinski definition) is 1. The third-order valence-corrected chi connectivity index (χ3v) is 9.16. The van der Waals surface area contributed by atoms with E-state index < -0.39 is 26.4 Å². The molecule has 180 valence electrons. The van der Waals surface area contributed by atoms with Gasteiger partial charge >= 0.3 is 0 Å². The fourth-order valence-corrected chi connectivity index (χ4v) is 6.69. The molecule has 0 amide bonds. The predicted octanol–water partition coefficient (Wildman–Crippen LogP) is 5.91. The molecule has 1 N–H and O–H groups in total. The normalized spacial score (nSPS) is 14.3. The van der Waals surface area contributed by atoms with Crippen LogP contribution in [0.4, 0.5) is 0 Å². The van der Waals surface area contributed by atoms with Gasteiger partial charge in [-0.05, 0) is 68.7 Å². The van der Waals surface area contributed by atoms with E-state index >= 15 is 0 Å². The summed E-state index contributed by atoms with van der Waals surface area (Å²) in [5, 5.41) is 0. The Hall–Kier alpha value is -3.06. The van der Waals surface area contributed by atoms with Crippen molar-refractivity contribution in [1.82, 2.24) is 4.72 Å². The van der Waals surface area contributed by atoms with Crippen molar-refractivity contribution < 1.29 is 12.6 Å². The summed E-state index contributed by atoms with van der Waals surface area (Å²) in [7, 11) is -5.22. The van der Waals surface area contributed by atoms with Crippen molar-refractivity contribution in [3.05, 3.63) is 125 Å². The Morgan fingerprint density at radius 3 is 1.91 bits per heavy atom. The molecule has 0 aliphatic carbocycles. The lowest BCUT2D eigenvalue weighted by Crippen LogP contribution is -2.45. The van der Waals surface area contributed by atoms with Gasteiger partial charge in [-0.25, -0.2) is 17.3 Å². The standard InChI is InChI=1S/C29H29NO3S2/c1-22-13-17-26(18-14-22)34(31)28-12-8-7-9-24(28)21-29(3,25-10-5-4-6-11-25)30-35(32,33)27-19-15-23(2)16-20-27/h4-20,30H,21H2,1-3H3/t29-,34?/m1/s1. The maximum Gasteiger partial charge on any atom is 0.241 e. The van der Waals surface area contributed by atoms with Crippen LogP contribution < -0.4 is 4.72 Å². The quantitative estimate of drug-likeness (QED) is 0.325. The predicted molar refractivity (Wildman–Crippen MR) is 141 cm³/mol. The van der Waals surface area contributed by atoms with Crippen molar-refractivity contribution in [2.24, 2.45) is 0 Å². The van der Waals surface area contributed by atoms with Crippen LogP contribution in [0.5, 0.6) is 0 Å². The topological polar surface area (TPSA) is 63.2 Å². The van der Waals surface area contributed by atoms with Gasteiger partial charge in [0, 0.05) is 9.79 Å². The van der Waals surface area contributed by atoms with Gasteiger partial charge in [-0.3, -0.25) is 0 Å². The first-order chi connectivity index (χ1) is 16.7. The number of nitrogens with one attached hydrogen (secondary N) is 1. The molecule has 35 heavy (non-hydrogen) atoms. The van der Waals surface area contributed by atoms with Crippen LogP contribution in [0.15, 0.2) is 118 Å². The Balaban J connectivity index is 1.75. The number of rotatable bonds is 8. The summed E-state index contributed by atoms with van der Waals surface area (Å²) < 4.78 is 43.3. The average molecular weight is 504 g/mol. The summed E-state index contributed by atoms with van der Waals surface area (Å²) >= 11 is 0. The average Bonchev–Trinajstić information content (AvgIpc) is 2.85. The summed E-state index contributed by atoms with van der Waals surface area (Å²) in [6.45, 7) is 5.79. The van der Waals surface area contributed by atoms with Crippen molar-refractivity contribution >= 4 is 20.8 Å². The van der Waals surface area contributed by atoms with Gasteiger partial charge in [-0.2, -0.15) is 0 Å². The summed E-state index contributed by atoms with van der Waals surface area (Å²) in [4.78, 5) is 1.60. The molecule has 0 heterocycles. The molecule has 6 heteroatoms. The van der Waals surface area contributed by atoms with Gasteiger partial charge in [0.15, 0.2) is 0 Å². The molecule has 4 rings (SSSR count). The Bertz CT molecular complexity index is 1430. The third-order valence-electron chi connectivity index (χ3n) is 6.05. The Labute approximate surface area is 210 Å². The molecule has 2 atom stereocenters. The second-order valence-corrected chi connectivity index (χ2v) is 12.1. The van der Waals surface area contributed by atoms with Crippen LogP contribution in [0.1, 0.15) is 29.2 Å². The lowest BCUT2D eigenvalue weighted by atomic mass is 9.86. The van der Waals surface area contributed by atoms with Crippen LogP contribution in [0.3, 0.4) is 0 Å². The first-order valence-corrected chi connectivity index (χ1v) is 14.0. The van der Waals surface area contributed by atoms with Gasteiger partial charge in [0.05, 0.1) is 21.2 Å². The van der Waals surface area contributed by atoms with Crippen LogP contribution in [-0.4, -0.2) is 12.6 Å². The van der Waals surface area contributed by atoms with Crippen molar-refractivity contribution in [3.63, 3.8) is 0 Å². The van der Waals surface area contributed by atoms with Crippen LogP contribution >= 0.6 is 0 Å². The van der Waals surface area contributed by atoms with E-state index in [0.717, 1.165) is 22.3 Å². The molecule has 0 bridgehead atoms. The maximum absolute atomic E-state index is 13.5. The second kappa shape index (κ2) is 10.3. The van der Waals surface area contributed by atoms with Gasteiger partial charge in [-0.15, -0.1) is 0 Å². The fraction of sp³-hybridized carbons (Fsp3) is 0.172. The highest BCUT2D eigenvalue weighted by Gasteiger charge is 2.34. The van der Waals surface area contributed by atoms with E-state index in [-0.39, 0.29) is 4.90 Å². The van der Waals surface area contributed by atoms with Crippen LogP contribution in [0, 0.1) is 13.8 Å². The van der Waals surface area contributed by atoms with E-state index in [4.69, 9.17) is 0 Å². The van der Waals surface area contributed by atoms with Gasteiger partial charge < -0.3 is 0 Å². The molecule has 0 saturated carbocycles. The van der Waals surface area contributed by atoms with Crippen LogP contribution in [0.2, 0.25) is 0 Å². The maximum atomic E-state index is 13.5. The number of aryl methyl sites for hydroxylation is 2. The van der Waals surface area contributed by atoms with E-state index in [0.29, 0.717) is 16.2 Å². The van der Waals surface area contributed by atoms with Gasteiger partial charge in [0.1, 0.15) is 0 Å². The highest BCUT2D eigenvalue weighted by atomic mass is 32.2. The number of benzene rings is 4. The van der Waals surface area contributed by atoms with Gasteiger partial charge in [-0.1, -0.05) is 83.9 Å². The van der Waals surface area contributed by atoms with Gasteiger partial charge in [0.25, 0.3) is 0 Å². The zero-order valence-electron chi connectivity index (χ0n) is 20.1. The Kier molecular flexibility index (Phi) is 7.36. The molecule has 0 aliphatic rings. The Morgan fingerprint density at radius 2 is 1.29 bits per heavy atom. The molecule has 1 unspecified atom stereocenters. The van der Waals surface area contributed by atoms with Crippen LogP contribution in [-0.2, 0) is 32.8 Å². The van der Waals surface area contributed by atoms with Gasteiger partial charge in [0.2, 0.25) is 10.0 Å². The lowest BCUT2D eigenvalue weighted by molar-refractivity contribution is 0.425. The molecule has 4 nitrogen and oxygen atoms in total. The molecule has 0 fully saturated rings. The van der Waals surface area contributed by atoms with E-state index in [1.54, 1.807) is 24.3 Å². The minimum atomic E-state index is -3.82. The second-order valence-electron chi connectivity index (χ2n) is 8.98. The Morgan fingerprint density at radius 1 is 0.743 bits per heavy atom. The molecule has 0 aromatic heterocycles. The lowest BCUT2D eigenvalue weighted by Gasteiger charge is -2.32. The molecular weight excluding hydrogens is 474 g/mol. The molecular formula is C29H29NO3S2. The molecule has 4 aromatic carbocycles. The SMILES string of the molecule is Cc1ccc(S(=O)c2ccccc2C[C@@](C)(NS(=O)(=O)c2ccc(C)cc2)c2ccccc2)cc1. The summed E-state index contributed by atoms with van der Waals surface area (Å²) in [5.74, 6) is 0. The van der Waals surface area contributed by atoms with Crippen molar-refractivity contribution in [2.75, 3.05) is 0 Å². The first kappa shape index (κ1) is 25.0. The fourth-order valence-electron chi connectivity index (χ4n) is 4.08. The zero-order chi connectivity index (χ0) is 25.1. The third kappa shape index (κ3) is 5.78. The van der Waals surface area contributed by atoms with E-state index in [2.05, 4.69) is 4.72 Å². The van der Waals surface area contributed by atoms with E-state index in [9.17, 15) is 12.6 Å². The van der Waals surface area contributed by atoms with Crippen molar-refractivity contribution in [3.8, 4) is 0 Å². The minimum absolute atomic E-state index is 0.210.